The van der Waals surface area contributed by atoms with Gasteiger partial charge in [-0.1, -0.05) is 64.7 Å². The van der Waals surface area contributed by atoms with Crippen molar-refractivity contribution in [3.05, 3.63) is 23.2 Å². The third-order valence-electron chi connectivity index (χ3n) is 4.24. The lowest BCUT2D eigenvalue weighted by Gasteiger charge is -2.01. The second kappa shape index (κ2) is 12.2. The Balaban J connectivity index is 2.10. The Morgan fingerprint density at radius 3 is 2.09 bits per heavy atom. The maximum absolute atomic E-state index is 11.7. The third-order valence-corrected chi connectivity index (χ3v) is 4.24. The van der Waals surface area contributed by atoms with E-state index < -0.39 is 0 Å². The van der Waals surface area contributed by atoms with Crippen molar-refractivity contribution in [2.45, 2.75) is 91.4 Å². The molecule has 1 rings (SSSR count). The first-order valence-electron chi connectivity index (χ1n) is 9.45. The maximum Gasteiger partial charge on any atom is 0.341 e. The number of furan rings is 1. The Morgan fingerprint density at radius 1 is 0.957 bits per heavy atom. The third kappa shape index (κ3) is 8.24. The molecule has 1 aromatic rings. The Bertz CT molecular complexity index is 434. The number of carbonyl (C=O) groups is 1. The van der Waals surface area contributed by atoms with Gasteiger partial charge in [0, 0.05) is 6.42 Å². The lowest BCUT2D eigenvalue weighted by atomic mass is 10.1. The monoisotopic (exact) mass is 322 g/mol. The number of aryl methyl sites for hydroxylation is 2. The molecular weight excluding hydrogens is 288 g/mol. The summed E-state index contributed by atoms with van der Waals surface area (Å²) in [6.45, 7) is 6.31. The average molecular weight is 322 g/mol. The minimum Gasteiger partial charge on any atom is -0.465 e. The highest BCUT2D eigenvalue weighted by Gasteiger charge is 2.15. The summed E-state index contributed by atoms with van der Waals surface area (Å²) in [6.07, 6.45) is 14.2. The van der Waals surface area contributed by atoms with Crippen molar-refractivity contribution >= 4 is 5.97 Å². The van der Waals surface area contributed by atoms with Gasteiger partial charge < -0.3 is 9.15 Å². The zero-order valence-electron chi connectivity index (χ0n) is 15.3. The van der Waals surface area contributed by atoms with Gasteiger partial charge in [0.2, 0.25) is 0 Å². The summed E-state index contributed by atoms with van der Waals surface area (Å²) in [6, 6.07) is 1.85. The molecule has 0 N–H and O–H groups in total. The van der Waals surface area contributed by atoms with Crippen LogP contribution in [-0.2, 0) is 11.2 Å². The summed E-state index contributed by atoms with van der Waals surface area (Å²) in [5.74, 6) is 1.30. The van der Waals surface area contributed by atoms with Crippen LogP contribution in [0.2, 0.25) is 0 Å². The molecule has 0 atom stereocenters. The number of carbonyl (C=O) groups excluding carboxylic acids is 1. The topological polar surface area (TPSA) is 39.4 Å². The van der Waals surface area contributed by atoms with Crippen LogP contribution in [0.3, 0.4) is 0 Å². The summed E-state index contributed by atoms with van der Waals surface area (Å²) < 4.78 is 10.7. The van der Waals surface area contributed by atoms with E-state index in [4.69, 9.17) is 9.15 Å². The Morgan fingerprint density at radius 2 is 1.52 bits per heavy atom. The van der Waals surface area contributed by atoms with Gasteiger partial charge in [-0.25, -0.2) is 4.79 Å². The fourth-order valence-electron chi connectivity index (χ4n) is 2.87. The molecule has 3 heteroatoms. The summed E-state index contributed by atoms with van der Waals surface area (Å²) >= 11 is 0. The number of hydrogen-bond acceptors (Lipinski definition) is 3. The molecular formula is C20H34O3. The number of rotatable bonds is 13. The molecule has 23 heavy (non-hydrogen) atoms. The first-order chi connectivity index (χ1) is 11.2. The fourth-order valence-corrected chi connectivity index (χ4v) is 2.87. The smallest absolute Gasteiger partial charge is 0.341 e. The molecule has 132 valence electrons. The van der Waals surface area contributed by atoms with Gasteiger partial charge in [0.15, 0.2) is 0 Å². The molecule has 0 radical (unpaired) electrons. The van der Waals surface area contributed by atoms with Crippen LogP contribution in [0.1, 0.15) is 99.9 Å². The van der Waals surface area contributed by atoms with E-state index in [1.165, 1.54) is 57.8 Å². The number of esters is 1. The first-order valence-corrected chi connectivity index (χ1v) is 9.45. The molecule has 0 aliphatic rings. The van der Waals surface area contributed by atoms with Crippen molar-refractivity contribution in [2.24, 2.45) is 0 Å². The average Bonchev–Trinajstić information content (AvgIpc) is 2.90. The highest BCUT2D eigenvalue weighted by molar-refractivity contribution is 5.90. The second-order valence-corrected chi connectivity index (χ2v) is 6.34. The molecule has 0 saturated heterocycles. The van der Waals surface area contributed by atoms with E-state index in [9.17, 15) is 4.79 Å². The van der Waals surface area contributed by atoms with Gasteiger partial charge in [-0.2, -0.15) is 0 Å². The number of unbranched alkanes of at least 4 members (excludes halogenated alkanes) is 9. The van der Waals surface area contributed by atoms with Crippen molar-refractivity contribution in [3.63, 3.8) is 0 Å². The first kappa shape index (κ1) is 19.8. The fraction of sp³-hybridized carbons (Fsp3) is 0.750. The Labute approximate surface area is 141 Å². The molecule has 0 aliphatic heterocycles. The lowest BCUT2D eigenvalue weighted by Crippen LogP contribution is -2.04. The van der Waals surface area contributed by atoms with Crippen LogP contribution in [0.4, 0.5) is 0 Å². The molecule has 0 unspecified atom stereocenters. The lowest BCUT2D eigenvalue weighted by molar-refractivity contribution is 0.0524. The van der Waals surface area contributed by atoms with Crippen LogP contribution in [-0.4, -0.2) is 12.6 Å². The van der Waals surface area contributed by atoms with E-state index in [1.807, 2.05) is 19.9 Å². The van der Waals surface area contributed by atoms with Crippen LogP contribution in [0.25, 0.3) is 0 Å². The zero-order valence-corrected chi connectivity index (χ0v) is 15.3. The second-order valence-electron chi connectivity index (χ2n) is 6.34. The van der Waals surface area contributed by atoms with Gasteiger partial charge in [-0.3, -0.25) is 0 Å². The van der Waals surface area contributed by atoms with E-state index in [0.717, 1.165) is 18.6 Å². The molecule has 0 aliphatic carbocycles. The molecule has 1 heterocycles. The van der Waals surface area contributed by atoms with Crippen molar-refractivity contribution in [1.29, 1.82) is 0 Å². The highest BCUT2D eigenvalue weighted by Crippen LogP contribution is 2.18. The zero-order chi connectivity index (χ0) is 16.9. The van der Waals surface area contributed by atoms with E-state index in [1.54, 1.807) is 0 Å². The molecule has 0 saturated carbocycles. The van der Waals surface area contributed by atoms with Crippen molar-refractivity contribution < 1.29 is 13.9 Å². The maximum atomic E-state index is 11.7. The van der Waals surface area contributed by atoms with Gasteiger partial charge in [-0.15, -0.1) is 0 Å². The molecule has 0 bridgehead atoms. The number of hydrogen-bond donors (Lipinski definition) is 0. The van der Waals surface area contributed by atoms with Crippen LogP contribution < -0.4 is 0 Å². The van der Waals surface area contributed by atoms with Crippen LogP contribution in [0, 0.1) is 6.92 Å². The van der Waals surface area contributed by atoms with Gasteiger partial charge >= 0.3 is 5.97 Å². The van der Waals surface area contributed by atoms with Gasteiger partial charge in [0.05, 0.1) is 6.61 Å². The van der Waals surface area contributed by atoms with Crippen LogP contribution >= 0.6 is 0 Å². The SMILES string of the molecule is CCCCCCCCCCCCc1cc(C(=O)OCC)c(C)o1. The van der Waals surface area contributed by atoms with Gasteiger partial charge in [-0.05, 0) is 26.3 Å². The molecule has 1 aromatic heterocycles. The minimum absolute atomic E-state index is 0.275. The molecule has 0 spiro atoms. The van der Waals surface area contributed by atoms with Crippen molar-refractivity contribution in [2.75, 3.05) is 6.61 Å². The molecule has 0 aromatic carbocycles. The summed E-state index contributed by atoms with van der Waals surface area (Å²) in [5, 5.41) is 0. The summed E-state index contributed by atoms with van der Waals surface area (Å²) in [4.78, 5) is 11.7. The van der Waals surface area contributed by atoms with E-state index in [2.05, 4.69) is 6.92 Å². The minimum atomic E-state index is -0.275. The van der Waals surface area contributed by atoms with Crippen molar-refractivity contribution in [3.8, 4) is 0 Å². The molecule has 3 nitrogen and oxygen atoms in total. The predicted molar refractivity (Wildman–Crippen MR) is 94.9 cm³/mol. The molecule has 0 fully saturated rings. The van der Waals surface area contributed by atoms with E-state index in [-0.39, 0.29) is 5.97 Å². The largest absolute Gasteiger partial charge is 0.465 e. The Hall–Kier alpha value is -1.25. The quantitative estimate of drug-likeness (QED) is 0.319. The summed E-state index contributed by atoms with van der Waals surface area (Å²) in [5.41, 5.74) is 0.578. The predicted octanol–water partition coefficient (Wildman–Crippen LogP) is 6.23. The van der Waals surface area contributed by atoms with Gasteiger partial charge in [0.1, 0.15) is 17.1 Å². The van der Waals surface area contributed by atoms with E-state index in [0.29, 0.717) is 17.9 Å². The highest BCUT2D eigenvalue weighted by atomic mass is 16.5. The van der Waals surface area contributed by atoms with Crippen LogP contribution in [0.15, 0.2) is 10.5 Å². The van der Waals surface area contributed by atoms with Crippen molar-refractivity contribution in [1.82, 2.24) is 0 Å². The Kier molecular flexibility index (Phi) is 10.5. The van der Waals surface area contributed by atoms with E-state index >= 15 is 0 Å². The van der Waals surface area contributed by atoms with Gasteiger partial charge in [0.25, 0.3) is 0 Å². The van der Waals surface area contributed by atoms with Crippen LogP contribution in [0.5, 0.6) is 0 Å². The number of ether oxygens (including phenoxy) is 1. The summed E-state index contributed by atoms with van der Waals surface area (Å²) in [7, 11) is 0. The molecule has 0 amide bonds. The standard InChI is InChI=1S/C20H34O3/c1-4-6-7-8-9-10-11-12-13-14-15-18-16-19(17(3)23-18)20(21)22-5-2/h16H,4-15H2,1-3H3. The normalized spacial score (nSPS) is 10.9.